The number of likely N-dealkylation sites (N-methyl/N-ethyl adjacent to an activating group) is 1. The SMILES string of the molecule is CN(CCc1ccc([N+](=O)[O-])cc1)C(=O)c1csc(C2CCN(C(=O)Cc3ccccc3Cl)CC2)n1. The summed E-state index contributed by atoms with van der Waals surface area (Å²) in [5, 5.41) is 14.1. The number of non-ortho nitro benzene ring substituents is 1. The maximum Gasteiger partial charge on any atom is 0.273 e. The molecule has 0 radical (unpaired) electrons. The lowest BCUT2D eigenvalue weighted by molar-refractivity contribution is -0.384. The Hall–Kier alpha value is -3.30. The average Bonchev–Trinajstić information content (AvgIpc) is 3.39. The number of thiazole rings is 1. The molecule has 36 heavy (non-hydrogen) atoms. The molecule has 1 fully saturated rings. The van der Waals surface area contributed by atoms with Crippen LogP contribution in [0.3, 0.4) is 0 Å². The molecule has 188 valence electrons. The third-order valence-electron chi connectivity index (χ3n) is 6.47. The molecule has 1 aliphatic rings. The van der Waals surface area contributed by atoms with Crippen molar-refractivity contribution in [3.63, 3.8) is 0 Å². The average molecular weight is 527 g/mol. The minimum absolute atomic E-state index is 0.0500. The van der Waals surface area contributed by atoms with Crippen molar-refractivity contribution in [3.05, 3.63) is 90.9 Å². The van der Waals surface area contributed by atoms with E-state index in [0.29, 0.717) is 43.2 Å². The number of benzene rings is 2. The molecule has 2 amide bonds. The van der Waals surface area contributed by atoms with Crippen LogP contribution < -0.4 is 0 Å². The number of hydrogen-bond donors (Lipinski definition) is 0. The number of nitrogens with zero attached hydrogens (tertiary/aromatic N) is 4. The molecule has 1 aliphatic heterocycles. The minimum Gasteiger partial charge on any atom is -0.342 e. The van der Waals surface area contributed by atoms with Gasteiger partial charge in [0.25, 0.3) is 11.6 Å². The molecule has 0 bridgehead atoms. The lowest BCUT2D eigenvalue weighted by atomic mass is 9.97. The summed E-state index contributed by atoms with van der Waals surface area (Å²) >= 11 is 7.69. The van der Waals surface area contributed by atoms with Crippen LogP contribution in [0.25, 0.3) is 0 Å². The van der Waals surface area contributed by atoms with Gasteiger partial charge in [0.1, 0.15) is 5.69 Å². The summed E-state index contributed by atoms with van der Waals surface area (Å²) in [6, 6.07) is 13.8. The van der Waals surface area contributed by atoms with Crippen LogP contribution in [-0.2, 0) is 17.6 Å². The Labute approximate surface area is 218 Å². The number of halogens is 1. The molecule has 0 atom stereocenters. The van der Waals surface area contributed by atoms with E-state index in [4.69, 9.17) is 11.6 Å². The quantitative estimate of drug-likeness (QED) is 0.305. The highest BCUT2D eigenvalue weighted by atomic mass is 35.5. The van der Waals surface area contributed by atoms with E-state index in [1.165, 1.54) is 23.5 Å². The van der Waals surface area contributed by atoms with Crippen molar-refractivity contribution in [1.29, 1.82) is 0 Å². The largest absolute Gasteiger partial charge is 0.342 e. The fraction of sp³-hybridized carbons (Fsp3) is 0.346. The van der Waals surface area contributed by atoms with Gasteiger partial charge in [-0.05, 0) is 36.5 Å². The maximum atomic E-state index is 12.9. The van der Waals surface area contributed by atoms with Gasteiger partial charge in [0, 0.05) is 55.1 Å². The Morgan fingerprint density at radius 3 is 2.53 bits per heavy atom. The molecular formula is C26H27ClN4O4S. The van der Waals surface area contributed by atoms with Gasteiger partial charge in [-0.15, -0.1) is 11.3 Å². The van der Waals surface area contributed by atoms with Crippen LogP contribution >= 0.6 is 22.9 Å². The summed E-state index contributed by atoms with van der Waals surface area (Å²) in [4.78, 5) is 44.1. The zero-order valence-corrected chi connectivity index (χ0v) is 21.5. The Morgan fingerprint density at radius 2 is 1.86 bits per heavy atom. The van der Waals surface area contributed by atoms with Crippen molar-refractivity contribution in [2.24, 2.45) is 0 Å². The number of carbonyl (C=O) groups is 2. The normalized spacial score (nSPS) is 14.0. The van der Waals surface area contributed by atoms with Gasteiger partial charge in [0.2, 0.25) is 5.91 Å². The third-order valence-corrected chi connectivity index (χ3v) is 7.84. The number of hydrogen-bond acceptors (Lipinski definition) is 6. The monoisotopic (exact) mass is 526 g/mol. The van der Waals surface area contributed by atoms with E-state index in [-0.39, 0.29) is 23.4 Å². The lowest BCUT2D eigenvalue weighted by Crippen LogP contribution is -2.38. The van der Waals surface area contributed by atoms with E-state index in [2.05, 4.69) is 4.98 Å². The summed E-state index contributed by atoms with van der Waals surface area (Å²) in [5.41, 5.74) is 2.24. The zero-order valence-electron chi connectivity index (χ0n) is 19.9. The van der Waals surface area contributed by atoms with Gasteiger partial charge in [-0.3, -0.25) is 19.7 Å². The number of piperidine rings is 1. The Kier molecular flexibility index (Phi) is 8.32. The van der Waals surface area contributed by atoms with Crippen LogP contribution in [0.2, 0.25) is 5.02 Å². The predicted molar refractivity (Wildman–Crippen MR) is 140 cm³/mol. The summed E-state index contributed by atoms with van der Waals surface area (Å²) in [5.74, 6) is 0.157. The lowest BCUT2D eigenvalue weighted by Gasteiger charge is -2.31. The molecule has 0 spiro atoms. The molecule has 1 aromatic heterocycles. The Morgan fingerprint density at radius 1 is 1.17 bits per heavy atom. The Balaban J connectivity index is 1.27. The van der Waals surface area contributed by atoms with Gasteiger partial charge in [-0.25, -0.2) is 4.98 Å². The number of nitro benzene ring substituents is 1. The molecule has 10 heteroatoms. The van der Waals surface area contributed by atoms with Crippen LogP contribution in [0.1, 0.15) is 45.4 Å². The number of carbonyl (C=O) groups excluding carboxylic acids is 2. The molecule has 2 heterocycles. The van der Waals surface area contributed by atoms with Crippen LogP contribution in [0, 0.1) is 10.1 Å². The van der Waals surface area contributed by atoms with Gasteiger partial charge in [0.15, 0.2) is 0 Å². The van der Waals surface area contributed by atoms with Crippen molar-refractivity contribution in [2.75, 3.05) is 26.7 Å². The second-order valence-corrected chi connectivity index (χ2v) is 10.2. The summed E-state index contributed by atoms with van der Waals surface area (Å²) in [7, 11) is 1.73. The molecule has 1 saturated heterocycles. The maximum absolute atomic E-state index is 12.9. The van der Waals surface area contributed by atoms with E-state index >= 15 is 0 Å². The highest BCUT2D eigenvalue weighted by Gasteiger charge is 2.27. The topological polar surface area (TPSA) is 96.6 Å². The first-order chi connectivity index (χ1) is 17.3. The van der Waals surface area contributed by atoms with Crippen molar-refractivity contribution in [1.82, 2.24) is 14.8 Å². The second-order valence-electron chi connectivity index (χ2n) is 8.89. The smallest absolute Gasteiger partial charge is 0.273 e. The first-order valence-corrected chi connectivity index (χ1v) is 13.0. The van der Waals surface area contributed by atoms with Gasteiger partial charge in [-0.2, -0.15) is 0 Å². The van der Waals surface area contributed by atoms with Crippen molar-refractivity contribution in [2.45, 2.75) is 31.6 Å². The number of likely N-dealkylation sites (tertiary alicyclic amines) is 1. The molecular weight excluding hydrogens is 500 g/mol. The second kappa shape index (κ2) is 11.6. The first-order valence-electron chi connectivity index (χ1n) is 11.8. The van der Waals surface area contributed by atoms with Crippen LogP contribution in [0.15, 0.2) is 53.9 Å². The highest BCUT2D eigenvalue weighted by molar-refractivity contribution is 7.09. The van der Waals surface area contributed by atoms with Gasteiger partial charge < -0.3 is 9.80 Å². The first kappa shape index (κ1) is 25.8. The predicted octanol–water partition coefficient (Wildman–Crippen LogP) is 4.97. The number of amides is 2. The minimum atomic E-state index is -0.429. The van der Waals surface area contributed by atoms with Crippen molar-refractivity contribution >= 4 is 40.4 Å². The van der Waals surface area contributed by atoms with Crippen LogP contribution in [0.4, 0.5) is 5.69 Å². The van der Waals surface area contributed by atoms with Crippen molar-refractivity contribution < 1.29 is 14.5 Å². The zero-order chi connectivity index (χ0) is 25.7. The molecule has 0 N–H and O–H groups in total. The molecule has 4 rings (SSSR count). The van der Waals surface area contributed by atoms with Gasteiger partial charge in [0.05, 0.1) is 16.4 Å². The summed E-state index contributed by atoms with van der Waals surface area (Å²) in [6.45, 7) is 1.80. The van der Waals surface area contributed by atoms with E-state index in [1.807, 2.05) is 23.1 Å². The number of rotatable bonds is 8. The molecule has 0 aliphatic carbocycles. The van der Waals surface area contributed by atoms with E-state index < -0.39 is 4.92 Å². The van der Waals surface area contributed by atoms with E-state index in [0.717, 1.165) is 29.0 Å². The number of nitro groups is 1. The summed E-state index contributed by atoms with van der Waals surface area (Å²) < 4.78 is 0. The van der Waals surface area contributed by atoms with Gasteiger partial charge >= 0.3 is 0 Å². The third kappa shape index (κ3) is 6.27. The van der Waals surface area contributed by atoms with E-state index in [9.17, 15) is 19.7 Å². The molecule has 0 unspecified atom stereocenters. The van der Waals surface area contributed by atoms with E-state index in [1.54, 1.807) is 35.5 Å². The van der Waals surface area contributed by atoms with Crippen molar-refractivity contribution in [3.8, 4) is 0 Å². The van der Waals surface area contributed by atoms with Crippen LogP contribution in [-0.4, -0.2) is 58.2 Å². The molecule has 0 saturated carbocycles. The number of aromatic nitrogens is 1. The highest BCUT2D eigenvalue weighted by Crippen LogP contribution is 2.31. The van der Waals surface area contributed by atoms with Gasteiger partial charge in [-0.1, -0.05) is 41.9 Å². The fourth-order valence-corrected chi connectivity index (χ4v) is 5.41. The fourth-order valence-electron chi connectivity index (χ4n) is 4.24. The standard InChI is InChI=1S/C26H27ClN4O4S/c1-29(13-10-18-6-8-21(9-7-18)31(34)35)26(33)23-17-36-25(28-23)19-11-14-30(15-12-19)24(32)16-20-4-2-3-5-22(20)27/h2-9,17,19H,10-16H2,1H3. The Bertz CT molecular complexity index is 1240. The molecule has 2 aromatic carbocycles. The molecule has 8 nitrogen and oxygen atoms in total. The molecule has 3 aromatic rings. The van der Waals surface area contributed by atoms with Crippen LogP contribution in [0.5, 0.6) is 0 Å². The summed E-state index contributed by atoms with van der Waals surface area (Å²) in [6.07, 6.45) is 2.52.